The molecule has 0 radical (unpaired) electrons. The molecular weight excluding hydrogens is 603 g/mol. The number of hydrogen-bond acceptors (Lipinski definition) is 5. The molecule has 0 atom stereocenters. The van der Waals surface area contributed by atoms with Crippen molar-refractivity contribution in [3.8, 4) is 11.5 Å². The molecule has 0 aromatic heterocycles. The van der Waals surface area contributed by atoms with Crippen molar-refractivity contribution in [2.75, 3.05) is 13.2 Å². The molecule has 5 rings (SSSR count). The van der Waals surface area contributed by atoms with Gasteiger partial charge in [0.05, 0.1) is 12.2 Å². The van der Waals surface area contributed by atoms with Gasteiger partial charge in [0.1, 0.15) is 18.1 Å². The summed E-state index contributed by atoms with van der Waals surface area (Å²) in [6, 6.07) is 35.7. The standard InChI is InChI=1S/C40H45NO5Si/c1-28(2)47(29(3)4,30(5)6)45-23-22-44-35-24-31(37-27-38(42)41-39(37)43)25-36(26-35)46-40(32-16-10-7-11-17-32,33-18-12-8-13-19-33)34-20-14-9-15-21-34/h7-21,24-30H,22-23H2,1-6H3,(H,41,42,43). The average Bonchev–Trinajstić information content (AvgIpc) is 3.41. The van der Waals surface area contributed by atoms with Gasteiger partial charge in [-0.1, -0.05) is 133 Å². The van der Waals surface area contributed by atoms with Gasteiger partial charge < -0.3 is 13.9 Å². The second-order valence-corrected chi connectivity index (χ2v) is 18.4. The average molecular weight is 648 g/mol. The van der Waals surface area contributed by atoms with Crippen LogP contribution in [0.5, 0.6) is 11.5 Å². The van der Waals surface area contributed by atoms with E-state index in [-0.39, 0.29) is 5.57 Å². The zero-order valence-electron chi connectivity index (χ0n) is 28.2. The molecule has 4 aromatic carbocycles. The molecule has 4 aromatic rings. The van der Waals surface area contributed by atoms with E-state index in [1.165, 1.54) is 6.08 Å². The molecular formula is C40H45NO5Si. The topological polar surface area (TPSA) is 73.9 Å². The predicted molar refractivity (Wildman–Crippen MR) is 190 cm³/mol. The lowest BCUT2D eigenvalue weighted by Crippen LogP contribution is -2.48. The Morgan fingerprint density at radius 3 is 1.53 bits per heavy atom. The molecule has 244 valence electrons. The Balaban J connectivity index is 1.57. The van der Waals surface area contributed by atoms with E-state index in [1.54, 1.807) is 12.1 Å². The van der Waals surface area contributed by atoms with Gasteiger partial charge >= 0.3 is 0 Å². The molecule has 6 nitrogen and oxygen atoms in total. The Hall–Kier alpha value is -4.46. The van der Waals surface area contributed by atoms with Crippen LogP contribution in [0.2, 0.25) is 16.6 Å². The first kappa shape index (κ1) is 33.9. The molecule has 47 heavy (non-hydrogen) atoms. The summed E-state index contributed by atoms with van der Waals surface area (Å²) in [6.07, 6.45) is 1.32. The number of hydrogen-bond donors (Lipinski definition) is 1. The number of amides is 2. The molecule has 0 saturated carbocycles. The number of ether oxygens (including phenoxy) is 2. The maximum Gasteiger partial charge on any atom is 0.258 e. The highest BCUT2D eigenvalue weighted by Gasteiger charge is 2.45. The first-order chi connectivity index (χ1) is 22.6. The van der Waals surface area contributed by atoms with Crippen molar-refractivity contribution in [2.45, 2.75) is 63.8 Å². The van der Waals surface area contributed by atoms with Crippen molar-refractivity contribution in [1.82, 2.24) is 5.32 Å². The van der Waals surface area contributed by atoms with E-state index in [1.807, 2.05) is 60.7 Å². The van der Waals surface area contributed by atoms with Gasteiger partial charge in [0.25, 0.3) is 11.8 Å². The monoisotopic (exact) mass is 647 g/mol. The smallest absolute Gasteiger partial charge is 0.258 e. The number of carbonyl (C=O) groups excluding carboxylic acids is 2. The summed E-state index contributed by atoms with van der Waals surface area (Å²) in [7, 11) is -2.07. The van der Waals surface area contributed by atoms with Gasteiger partial charge in [-0.15, -0.1) is 0 Å². The van der Waals surface area contributed by atoms with Crippen LogP contribution in [0.4, 0.5) is 0 Å². The number of rotatable bonds is 14. The summed E-state index contributed by atoms with van der Waals surface area (Å²) in [5.74, 6) is 0.0987. The fraction of sp³-hybridized carbons (Fsp3) is 0.300. The van der Waals surface area contributed by atoms with Crippen molar-refractivity contribution in [3.63, 3.8) is 0 Å². The normalized spacial score (nSPS) is 13.7. The fourth-order valence-electron chi connectivity index (χ4n) is 7.25. The zero-order valence-corrected chi connectivity index (χ0v) is 29.2. The van der Waals surface area contributed by atoms with E-state index in [0.29, 0.717) is 46.9 Å². The van der Waals surface area contributed by atoms with E-state index < -0.39 is 25.7 Å². The molecule has 0 fully saturated rings. The first-order valence-corrected chi connectivity index (χ1v) is 18.6. The van der Waals surface area contributed by atoms with Gasteiger partial charge in [0, 0.05) is 28.8 Å². The second-order valence-electron chi connectivity index (χ2n) is 13.0. The van der Waals surface area contributed by atoms with Crippen LogP contribution in [0, 0.1) is 0 Å². The number of nitrogens with one attached hydrogen (secondary N) is 1. The molecule has 0 saturated heterocycles. The van der Waals surface area contributed by atoms with Crippen molar-refractivity contribution in [2.24, 2.45) is 0 Å². The van der Waals surface area contributed by atoms with Crippen LogP contribution in [0.1, 0.15) is 63.8 Å². The molecule has 0 bridgehead atoms. The van der Waals surface area contributed by atoms with E-state index in [0.717, 1.165) is 16.7 Å². The molecule has 0 unspecified atom stereocenters. The summed E-state index contributed by atoms with van der Waals surface area (Å²) < 4.78 is 20.3. The fourth-order valence-corrected chi connectivity index (χ4v) is 12.7. The van der Waals surface area contributed by atoms with E-state index in [9.17, 15) is 9.59 Å². The molecule has 1 aliphatic rings. The van der Waals surface area contributed by atoms with Crippen LogP contribution >= 0.6 is 0 Å². The Morgan fingerprint density at radius 1 is 0.638 bits per heavy atom. The summed E-state index contributed by atoms with van der Waals surface area (Å²) >= 11 is 0. The summed E-state index contributed by atoms with van der Waals surface area (Å²) in [5, 5.41) is 2.36. The van der Waals surface area contributed by atoms with Gasteiger partial charge in [-0.05, 0) is 34.3 Å². The molecule has 1 heterocycles. The highest BCUT2D eigenvalue weighted by atomic mass is 28.4. The maximum absolute atomic E-state index is 12.8. The Bertz CT molecular complexity index is 1580. The van der Waals surface area contributed by atoms with E-state index in [2.05, 4.69) is 83.3 Å². The summed E-state index contributed by atoms with van der Waals surface area (Å²) in [5.41, 5.74) is 3.92. The molecule has 0 spiro atoms. The van der Waals surface area contributed by atoms with Crippen LogP contribution in [0.25, 0.3) is 5.57 Å². The number of benzene rings is 4. The largest absolute Gasteiger partial charge is 0.491 e. The van der Waals surface area contributed by atoms with E-state index >= 15 is 0 Å². The molecule has 1 aliphatic heterocycles. The lowest BCUT2D eigenvalue weighted by molar-refractivity contribution is -0.123. The number of imide groups is 1. The lowest BCUT2D eigenvalue weighted by Gasteiger charge is -2.42. The Morgan fingerprint density at radius 2 is 1.11 bits per heavy atom. The van der Waals surface area contributed by atoms with Gasteiger partial charge in [0.15, 0.2) is 13.9 Å². The third kappa shape index (κ3) is 6.97. The highest BCUT2D eigenvalue weighted by molar-refractivity contribution is 6.77. The summed E-state index contributed by atoms with van der Waals surface area (Å²) in [6.45, 7) is 14.4. The molecule has 7 heteroatoms. The van der Waals surface area contributed by atoms with E-state index in [4.69, 9.17) is 13.9 Å². The molecule has 2 amide bonds. The van der Waals surface area contributed by atoms with Crippen LogP contribution in [0.3, 0.4) is 0 Å². The predicted octanol–water partition coefficient (Wildman–Crippen LogP) is 8.67. The minimum atomic E-state index is -2.07. The minimum absolute atomic E-state index is 0.261. The van der Waals surface area contributed by atoms with Gasteiger partial charge in [-0.2, -0.15) is 0 Å². The molecule has 0 aliphatic carbocycles. The van der Waals surface area contributed by atoms with Crippen LogP contribution in [-0.4, -0.2) is 33.3 Å². The Labute approximate surface area is 279 Å². The third-order valence-electron chi connectivity index (χ3n) is 9.17. The minimum Gasteiger partial charge on any atom is -0.491 e. The quantitative estimate of drug-likeness (QED) is 0.0642. The van der Waals surface area contributed by atoms with Gasteiger partial charge in [0.2, 0.25) is 0 Å². The van der Waals surface area contributed by atoms with Crippen LogP contribution in [-0.2, 0) is 19.6 Å². The lowest BCUT2D eigenvalue weighted by atomic mass is 9.80. The van der Waals surface area contributed by atoms with Crippen molar-refractivity contribution < 1.29 is 23.5 Å². The Kier molecular flexibility index (Phi) is 10.5. The second kappa shape index (κ2) is 14.5. The van der Waals surface area contributed by atoms with Gasteiger partial charge in [-0.25, -0.2) is 0 Å². The molecule has 1 N–H and O–H groups in total. The van der Waals surface area contributed by atoms with Crippen molar-refractivity contribution in [1.29, 1.82) is 0 Å². The van der Waals surface area contributed by atoms with Crippen LogP contribution in [0.15, 0.2) is 115 Å². The highest BCUT2D eigenvalue weighted by Crippen LogP contribution is 2.44. The van der Waals surface area contributed by atoms with Crippen LogP contribution < -0.4 is 14.8 Å². The third-order valence-corrected chi connectivity index (χ3v) is 15.3. The zero-order chi connectivity index (χ0) is 33.6. The van der Waals surface area contributed by atoms with Crippen molar-refractivity contribution in [3.05, 3.63) is 138 Å². The van der Waals surface area contributed by atoms with Crippen molar-refractivity contribution >= 4 is 25.7 Å². The maximum atomic E-state index is 12.8. The number of carbonyl (C=O) groups is 2. The first-order valence-electron chi connectivity index (χ1n) is 16.4. The van der Waals surface area contributed by atoms with Gasteiger partial charge in [-0.3, -0.25) is 14.9 Å². The summed E-state index contributed by atoms with van der Waals surface area (Å²) in [4.78, 5) is 25.0. The SMILES string of the molecule is CC(C)[Si](OCCOc1cc(OC(c2ccccc2)(c2ccccc2)c2ccccc2)cc(C2=CC(=O)NC2=O)c1)(C(C)C)C(C)C.